The lowest BCUT2D eigenvalue weighted by Gasteiger charge is -2.31. The van der Waals surface area contributed by atoms with Gasteiger partial charge in [0.25, 0.3) is 5.91 Å². The predicted molar refractivity (Wildman–Crippen MR) is 78.6 cm³/mol. The third-order valence-electron chi connectivity index (χ3n) is 3.62. The third-order valence-corrected chi connectivity index (χ3v) is 3.94. The zero-order chi connectivity index (χ0) is 14.7. The first-order valence-corrected chi connectivity index (χ1v) is 6.96. The maximum atomic E-state index is 12.4. The molecule has 2 rings (SSSR count). The lowest BCUT2D eigenvalue weighted by Crippen LogP contribution is -2.42. The second kappa shape index (κ2) is 6.13. The Hall–Kier alpha value is -1.75. The van der Waals surface area contributed by atoms with E-state index in [4.69, 9.17) is 17.3 Å². The van der Waals surface area contributed by atoms with Gasteiger partial charge in [0.05, 0.1) is 10.6 Å². The van der Waals surface area contributed by atoms with Gasteiger partial charge in [0, 0.05) is 31.7 Å². The molecule has 0 bridgehead atoms. The number of halogens is 1. The SMILES string of the molecule is CNC(=O)C1CCN(C(=O)c2ccc(N)cc2Cl)CC1. The molecule has 108 valence electrons. The fourth-order valence-corrected chi connectivity index (χ4v) is 2.69. The van der Waals surface area contributed by atoms with Crippen LogP contribution in [0.15, 0.2) is 18.2 Å². The minimum atomic E-state index is -0.106. The van der Waals surface area contributed by atoms with Crippen LogP contribution in [0.2, 0.25) is 5.02 Å². The minimum absolute atomic E-state index is 0.00839. The average molecular weight is 296 g/mol. The van der Waals surface area contributed by atoms with Gasteiger partial charge in [-0.2, -0.15) is 0 Å². The van der Waals surface area contributed by atoms with Gasteiger partial charge in [-0.3, -0.25) is 9.59 Å². The summed E-state index contributed by atoms with van der Waals surface area (Å²) >= 11 is 6.05. The summed E-state index contributed by atoms with van der Waals surface area (Å²) in [5.41, 5.74) is 6.61. The summed E-state index contributed by atoms with van der Waals surface area (Å²) in [6, 6.07) is 4.88. The molecule has 1 aliphatic heterocycles. The van der Waals surface area contributed by atoms with Crippen LogP contribution in [-0.4, -0.2) is 36.9 Å². The zero-order valence-electron chi connectivity index (χ0n) is 11.4. The molecule has 1 fully saturated rings. The second-order valence-electron chi connectivity index (χ2n) is 4.92. The fraction of sp³-hybridized carbons (Fsp3) is 0.429. The molecule has 1 aromatic rings. The Balaban J connectivity index is 2.03. The van der Waals surface area contributed by atoms with Gasteiger partial charge < -0.3 is 16.0 Å². The van der Waals surface area contributed by atoms with Crippen molar-refractivity contribution in [1.29, 1.82) is 0 Å². The van der Waals surface area contributed by atoms with E-state index in [1.807, 2.05) is 0 Å². The molecular formula is C14H18ClN3O2. The first-order chi connectivity index (χ1) is 9.52. The zero-order valence-corrected chi connectivity index (χ0v) is 12.1. The van der Waals surface area contributed by atoms with E-state index in [9.17, 15) is 9.59 Å². The van der Waals surface area contributed by atoms with Crippen LogP contribution < -0.4 is 11.1 Å². The quantitative estimate of drug-likeness (QED) is 0.812. The molecule has 6 heteroatoms. The van der Waals surface area contributed by atoms with E-state index in [0.29, 0.717) is 42.2 Å². The van der Waals surface area contributed by atoms with Gasteiger partial charge in [-0.1, -0.05) is 11.6 Å². The van der Waals surface area contributed by atoms with Crippen LogP contribution in [0.4, 0.5) is 5.69 Å². The van der Waals surface area contributed by atoms with Gasteiger partial charge in [0.1, 0.15) is 0 Å². The van der Waals surface area contributed by atoms with Crippen LogP contribution >= 0.6 is 11.6 Å². The maximum Gasteiger partial charge on any atom is 0.255 e. The number of nitrogen functional groups attached to an aromatic ring is 1. The second-order valence-corrected chi connectivity index (χ2v) is 5.33. The summed E-state index contributed by atoms with van der Waals surface area (Å²) in [7, 11) is 1.63. The molecule has 3 N–H and O–H groups in total. The highest BCUT2D eigenvalue weighted by Crippen LogP contribution is 2.24. The number of piperidine rings is 1. The van der Waals surface area contributed by atoms with Crippen molar-refractivity contribution in [1.82, 2.24) is 10.2 Å². The third kappa shape index (κ3) is 3.04. The molecule has 2 amide bonds. The van der Waals surface area contributed by atoms with Crippen molar-refractivity contribution in [2.75, 3.05) is 25.9 Å². The number of rotatable bonds is 2. The number of carbonyl (C=O) groups excluding carboxylic acids is 2. The fourth-order valence-electron chi connectivity index (χ4n) is 2.42. The van der Waals surface area contributed by atoms with Gasteiger partial charge in [0.15, 0.2) is 0 Å². The minimum Gasteiger partial charge on any atom is -0.399 e. The van der Waals surface area contributed by atoms with Crippen molar-refractivity contribution < 1.29 is 9.59 Å². The molecule has 0 atom stereocenters. The number of hydrogen-bond acceptors (Lipinski definition) is 3. The van der Waals surface area contributed by atoms with Gasteiger partial charge >= 0.3 is 0 Å². The number of benzene rings is 1. The summed E-state index contributed by atoms with van der Waals surface area (Å²) < 4.78 is 0. The standard InChI is InChI=1S/C14H18ClN3O2/c1-17-13(19)9-4-6-18(7-5-9)14(20)11-3-2-10(16)8-12(11)15/h2-3,8-9H,4-7,16H2,1H3,(H,17,19). The Morgan fingerprint density at radius 1 is 1.35 bits per heavy atom. The predicted octanol–water partition coefficient (Wildman–Crippen LogP) is 1.52. The molecule has 5 nitrogen and oxygen atoms in total. The highest BCUT2D eigenvalue weighted by atomic mass is 35.5. The number of nitrogens with one attached hydrogen (secondary N) is 1. The van der Waals surface area contributed by atoms with Crippen LogP contribution in [-0.2, 0) is 4.79 Å². The number of amides is 2. The van der Waals surface area contributed by atoms with E-state index < -0.39 is 0 Å². The molecule has 0 aromatic heterocycles. The lowest BCUT2D eigenvalue weighted by atomic mass is 9.95. The molecule has 0 radical (unpaired) electrons. The van der Waals surface area contributed by atoms with E-state index >= 15 is 0 Å². The number of carbonyl (C=O) groups is 2. The smallest absolute Gasteiger partial charge is 0.255 e. The maximum absolute atomic E-state index is 12.4. The molecule has 0 saturated carbocycles. The van der Waals surface area contributed by atoms with E-state index in [2.05, 4.69) is 5.32 Å². The lowest BCUT2D eigenvalue weighted by molar-refractivity contribution is -0.125. The average Bonchev–Trinajstić information content (AvgIpc) is 2.46. The number of hydrogen-bond donors (Lipinski definition) is 2. The summed E-state index contributed by atoms with van der Waals surface area (Å²) in [6.45, 7) is 1.13. The van der Waals surface area contributed by atoms with Crippen LogP contribution in [0.25, 0.3) is 0 Å². The van der Waals surface area contributed by atoms with Crippen molar-refractivity contribution in [2.45, 2.75) is 12.8 Å². The van der Waals surface area contributed by atoms with Crippen molar-refractivity contribution >= 4 is 29.1 Å². The molecular weight excluding hydrogens is 278 g/mol. The molecule has 1 saturated heterocycles. The first-order valence-electron chi connectivity index (χ1n) is 6.59. The molecule has 20 heavy (non-hydrogen) atoms. The Morgan fingerprint density at radius 2 is 2.00 bits per heavy atom. The van der Waals surface area contributed by atoms with Crippen LogP contribution in [0.3, 0.4) is 0 Å². The topological polar surface area (TPSA) is 75.4 Å². The molecule has 1 aromatic carbocycles. The van der Waals surface area contributed by atoms with E-state index in [-0.39, 0.29) is 17.7 Å². The van der Waals surface area contributed by atoms with E-state index in [1.54, 1.807) is 30.1 Å². The van der Waals surface area contributed by atoms with Gasteiger partial charge in [0.2, 0.25) is 5.91 Å². The highest BCUT2D eigenvalue weighted by Gasteiger charge is 2.27. The molecule has 1 aliphatic rings. The van der Waals surface area contributed by atoms with Crippen molar-refractivity contribution in [3.05, 3.63) is 28.8 Å². The Bertz CT molecular complexity index is 525. The number of nitrogens with zero attached hydrogens (tertiary/aromatic N) is 1. The van der Waals surface area contributed by atoms with E-state index in [1.165, 1.54) is 0 Å². The summed E-state index contributed by atoms with van der Waals surface area (Å²) in [6.07, 6.45) is 1.36. The van der Waals surface area contributed by atoms with Crippen LogP contribution in [0, 0.1) is 5.92 Å². The molecule has 1 heterocycles. The summed E-state index contributed by atoms with van der Waals surface area (Å²) in [5.74, 6) is -0.0705. The monoisotopic (exact) mass is 295 g/mol. The van der Waals surface area contributed by atoms with Gasteiger partial charge in [-0.25, -0.2) is 0 Å². The van der Waals surface area contributed by atoms with Gasteiger partial charge in [-0.05, 0) is 31.0 Å². The molecule has 0 aliphatic carbocycles. The van der Waals surface area contributed by atoms with Crippen molar-refractivity contribution in [3.8, 4) is 0 Å². The molecule has 0 spiro atoms. The van der Waals surface area contributed by atoms with Gasteiger partial charge in [-0.15, -0.1) is 0 Å². The number of anilines is 1. The van der Waals surface area contributed by atoms with E-state index in [0.717, 1.165) is 0 Å². The number of likely N-dealkylation sites (tertiary alicyclic amines) is 1. The summed E-state index contributed by atoms with van der Waals surface area (Å²) in [4.78, 5) is 25.7. The number of nitrogens with two attached hydrogens (primary N) is 1. The largest absolute Gasteiger partial charge is 0.399 e. The van der Waals surface area contributed by atoms with Crippen molar-refractivity contribution in [3.63, 3.8) is 0 Å². The molecule has 0 unspecified atom stereocenters. The van der Waals surface area contributed by atoms with Crippen LogP contribution in [0.5, 0.6) is 0 Å². The highest BCUT2D eigenvalue weighted by molar-refractivity contribution is 6.34. The Labute approximate surface area is 123 Å². The first kappa shape index (κ1) is 14.7. The Morgan fingerprint density at radius 3 is 2.55 bits per heavy atom. The van der Waals surface area contributed by atoms with Crippen molar-refractivity contribution in [2.24, 2.45) is 5.92 Å². The normalized spacial score (nSPS) is 16.0. The summed E-state index contributed by atoms with van der Waals surface area (Å²) in [5, 5.41) is 3.01. The van der Waals surface area contributed by atoms with Crippen LogP contribution in [0.1, 0.15) is 23.2 Å². The Kier molecular flexibility index (Phi) is 4.49.